The number of nitro benzene ring substituents is 1. The van der Waals surface area contributed by atoms with E-state index >= 15 is 0 Å². The Kier molecular flexibility index (Phi) is 5.97. The normalized spacial score (nSPS) is 12.6. The number of non-ortho nitro benzene ring substituents is 1. The molecule has 27 heavy (non-hydrogen) atoms. The fourth-order valence-electron chi connectivity index (χ4n) is 2.63. The number of aryl methyl sites for hydroxylation is 1. The van der Waals surface area contributed by atoms with E-state index in [2.05, 4.69) is 5.32 Å². The van der Waals surface area contributed by atoms with Gasteiger partial charge in [-0.3, -0.25) is 14.9 Å². The molecule has 0 bridgehead atoms. The van der Waals surface area contributed by atoms with Crippen LogP contribution in [0.1, 0.15) is 31.0 Å². The van der Waals surface area contributed by atoms with Crippen LogP contribution in [0.15, 0.2) is 47.4 Å². The molecule has 1 N–H and O–H groups in total. The number of nitrogens with zero attached hydrogens (tertiary/aromatic N) is 2. The van der Waals surface area contributed by atoms with Crippen LogP contribution < -0.4 is 5.32 Å². The van der Waals surface area contributed by atoms with Gasteiger partial charge < -0.3 is 5.32 Å². The second-order valence-corrected chi connectivity index (χ2v) is 8.18. The molecule has 1 atom stereocenters. The number of carbonyl (C=O) groups is 1. The highest BCUT2D eigenvalue weighted by Crippen LogP contribution is 2.30. The minimum absolute atomic E-state index is 0.0635. The Morgan fingerprint density at radius 2 is 1.89 bits per heavy atom. The molecule has 9 heteroatoms. The van der Waals surface area contributed by atoms with Gasteiger partial charge in [0.05, 0.1) is 9.82 Å². The summed E-state index contributed by atoms with van der Waals surface area (Å²) in [6.45, 7) is 4.66. The van der Waals surface area contributed by atoms with Gasteiger partial charge in [-0.2, -0.15) is 4.31 Å². The van der Waals surface area contributed by atoms with Crippen molar-refractivity contribution in [3.63, 3.8) is 0 Å². The van der Waals surface area contributed by atoms with Crippen molar-refractivity contribution in [2.75, 3.05) is 12.4 Å². The molecule has 2 aromatic carbocycles. The Labute approximate surface area is 158 Å². The Balaban J connectivity index is 2.42. The fourth-order valence-corrected chi connectivity index (χ4v) is 4.23. The lowest BCUT2D eigenvalue weighted by molar-refractivity contribution is -0.384. The lowest BCUT2D eigenvalue weighted by Gasteiger charge is -2.25. The van der Waals surface area contributed by atoms with Gasteiger partial charge in [0.25, 0.3) is 5.69 Å². The van der Waals surface area contributed by atoms with Crippen LogP contribution >= 0.6 is 0 Å². The van der Waals surface area contributed by atoms with Gasteiger partial charge in [0, 0.05) is 37.8 Å². The molecule has 0 fully saturated rings. The highest BCUT2D eigenvalue weighted by atomic mass is 32.2. The summed E-state index contributed by atoms with van der Waals surface area (Å²) in [4.78, 5) is 21.8. The summed E-state index contributed by atoms with van der Waals surface area (Å²) in [5.74, 6) is -0.305. The van der Waals surface area contributed by atoms with E-state index in [1.54, 1.807) is 32.0 Å². The van der Waals surface area contributed by atoms with Crippen LogP contribution in [-0.4, -0.2) is 30.6 Å². The van der Waals surface area contributed by atoms with E-state index in [1.165, 1.54) is 38.2 Å². The number of anilines is 1. The van der Waals surface area contributed by atoms with Crippen LogP contribution in [0.4, 0.5) is 11.4 Å². The van der Waals surface area contributed by atoms with E-state index in [-0.39, 0.29) is 16.5 Å². The minimum Gasteiger partial charge on any atom is -0.326 e. The molecule has 8 nitrogen and oxygen atoms in total. The first-order chi connectivity index (χ1) is 12.5. The number of nitro groups is 1. The van der Waals surface area contributed by atoms with Gasteiger partial charge in [0.15, 0.2) is 0 Å². The second kappa shape index (κ2) is 7.85. The first kappa shape index (κ1) is 20.5. The SMILES string of the molecule is CC(=O)Nc1ccc(C)c(S(=O)(=O)N(C)C(C)c2cccc([N+](=O)[O-])c2)c1. The number of rotatable bonds is 6. The van der Waals surface area contributed by atoms with Crippen LogP contribution in [0.25, 0.3) is 0 Å². The monoisotopic (exact) mass is 391 g/mol. The molecule has 0 aliphatic carbocycles. The first-order valence-corrected chi connectivity index (χ1v) is 9.58. The van der Waals surface area contributed by atoms with E-state index in [1.807, 2.05) is 0 Å². The summed E-state index contributed by atoms with van der Waals surface area (Å²) in [6.07, 6.45) is 0. The smallest absolute Gasteiger partial charge is 0.269 e. The molecular weight excluding hydrogens is 370 g/mol. The van der Waals surface area contributed by atoms with Crippen molar-refractivity contribution >= 4 is 27.3 Å². The van der Waals surface area contributed by atoms with Crippen molar-refractivity contribution in [1.82, 2.24) is 4.31 Å². The zero-order valence-corrected chi connectivity index (χ0v) is 16.3. The van der Waals surface area contributed by atoms with Crippen LogP contribution in [0.3, 0.4) is 0 Å². The molecule has 0 saturated heterocycles. The zero-order chi connectivity index (χ0) is 20.4. The van der Waals surface area contributed by atoms with Crippen LogP contribution in [0.5, 0.6) is 0 Å². The Bertz CT molecular complexity index is 988. The molecular formula is C18H21N3O5S. The van der Waals surface area contributed by atoms with Crippen LogP contribution in [0, 0.1) is 17.0 Å². The Morgan fingerprint density at radius 1 is 1.22 bits per heavy atom. The van der Waals surface area contributed by atoms with Crippen LogP contribution in [-0.2, 0) is 14.8 Å². The number of hydrogen-bond donors (Lipinski definition) is 1. The highest BCUT2D eigenvalue weighted by Gasteiger charge is 2.28. The van der Waals surface area contributed by atoms with Gasteiger partial charge in [0.2, 0.25) is 15.9 Å². The lowest BCUT2D eigenvalue weighted by Crippen LogP contribution is -2.30. The van der Waals surface area contributed by atoms with Gasteiger partial charge in [-0.25, -0.2) is 8.42 Å². The third-order valence-electron chi connectivity index (χ3n) is 4.27. The van der Waals surface area contributed by atoms with Gasteiger partial charge in [-0.1, -0.05) is 18.2 Å². The summed E-state index contributed by atoms with van der Waals surface area (Å²) in [7, 11) is -2.48. The van der Waals surface area contributed by atoms with Crippen molar-refractivity contribution in [2.45, 2.75) is 31.7 Å². The maximum atomic E-state index is 13.1. The number of nitrogens with one attached hydrogen (secondary N) is 1. The molecule has 2 aromatic rings. The zero-order valence-electron chi connectivity index (χ0n) is 15.5. The molecule has 0 radical (unpaired) electrons. The summed E-state index contributed by atoms with van der Waals surface area (Å²) in [5.41, 5.74) is 1.31. The minimum atomic E-state index is -3.90. The first-order valence-electron chi connectivity index (χ1n) is 8.14. The van der Waals surface area contributed by atoms with E-state index in [0.29, 0.717) is 16.8 Å². The van der Waals surface area contributed by atoms with Crippen molar-refractivity contribution in [2.24, 2.45) is 0 Å². The average molecular weight is 391 g/mol. The number of sulfonamides is 1. The summed E-state index contributed by atoms with van der Waals surface area (Å²) in [6, 6.07) is 9.89. The number of amides is 1. The highest BCUT2D eigenvalue weighted by molar-refractivity contribution is 7.89. The Morgan fingerprint density at radius 3 is 2.48 bits per heavy atom. The molecule has 0 saturated carbocycles. The summed E-state index contributed by atoms with van der Waals surface area (Å²) >= 11 is 0. The molecule has 0 spiro atoms. The second-order valence-electron chi connectivity index (χ2n) is 6.21. The van der Waals surface area contributed by atoms with Crippen molar-refractivity contribution in [3.8, 4) is 0 Å². The molecule has 2 rings (SSSR count). The van der Waals surface area contributed by atoms with Crippen LogP contribution in [0.2, 0.25) is 0 Å². The quantitative estimate of drug-likeness (QED) is 0.600. The largest absolute Gasteiger partial charge is 0.326 e. The molecule has 144 valence electrons. The van der Waals surface area contributed by atoms with E-state index in [9.17, 15) is 23.3 Å². The molecule has 0 aromatic heterocycles. The number of benzene rings is 2. The van der Waals surface area contributed by atoms with Crippen molar-refractivity contribution < 1.29 is 18.1 Å². The Hall–Kier alpha value is -2.78. The summed E-state index contributed by atoms with van der Waals surface area (Å²) < 4.78 is 27.4. The topological polar surface area (TPSA) is 110 Å². The fraction of sp³-hybridized carbons (Fsp3) is 0.278. The number of hydrogen-bond acceptors (Lipinski definition) is 5. The predicted octanol–water partition coefficient (Wildman–Crippen LogP) is 3.24. The lowest BCUT2D eigenvalue weighted by atomic mass is 10.1. The molecule has 1 unspecified atom stereocenters. The maximum absolute atomic E-state index is 13.1. The maximum Gasteiger partial charge on any atom is 0.269 e. The molecule has 0 aliphatic heterocycles. The van der Waals surface area contributed by atoms with E-state index < -0.39 is 21.0 Å². The molecule has 0 heterocycles. The molecule has 0 aliphatic rings. The van der Waals surface area contributed by atoms with Gasteiger partial charge in [-0.05, 0) is 37.1 Å². The van der Waals surface area contributed by atoms with Crippen molar-refractivity contribution in [3.05, 3.63) is 63.7 Å². The number of carbonyl (C=O) groups excluding carboxylic acids is 1. The van der Waals surface area contributed by atoms with Gasteiger partial charge in [-0.15, -0.1) is 0 Å². The predicted molar refractivity (Wildman–Crippen MR) is 102 cm³/mol. The van der Waals surface area contributed by atoms with Gasteiger partial charge in [0.1, 0.15) is 0 Å². The third-order valence-corrected chi connectivity index (χ3v) is 6.34. The third kappa shape index (κ3) is 4.50. The standard InChI is InChI=1S/C18H21N3O5S/c1-12-8-9-16(19-14(3)22)11-18(12)27(25,26)20(4)13(2)15-6-5-7-17(10-15)21(23)24/h5-11,13H,1-4H3,(H,19,22). The van der Waals surface area contributed by atoms with Gasteiger partial charge >= 0.3 is 0 Å². The molecule has 1 amide bonds. The van der Waals surface area contributed by atoms with E-state index in [4.69, 9.17) is 0 Å². The van der Waals surface area contributed by atoms with Crippen molar-refractivity contribution in [1.29, 1.82) is 0 Å². The summed E-state index contributed by atoms with van der Waals surface area (Å²) in [5, 5.41) is 13.5. The average Bonchev–Trinajstić information content (AvgIpc) is 2.61. The van der Waals surface area contributed by atoms with E-state index in [0.717, 1.165) is 4.31 Å².